The number of esters is 1. The predicted octanol–water partition coefficient (Wildman–Crippen LogP) is 3.44. The van der Waals surface area contributed by atoms with Crippen molar-refractivity contribution in [3.05, 3.63) is 70.2 Å². The third-order valence-corrected chi connectivity index (χ3v) is 7.18. The second-order valence-electron chi connectivity index (χ2n) is 8.59. The summed E-state index contributed by atoms with van der Waals surface area (Å²) in [5.74, 6) is -0.904. The number of halogens is 1. The fraction of sp³-hybridized carbons (Fsp3) is 0.360. The maximum Gasteiger partial charge on any atom is 0.308 e. The van der Waals surface area contributed by atoms with E-state index >= 15 is 0 Å². The Hall–Kier alpha value is -2.97. The number of hydrogen-bond acceptors (Lipinski definition) is 5. The minimum atomic E-state index is -0.239. The summed E-state index contributed by atoms with van der Waals surface area (Å²) in [6, 6.07) is 14.3. The molecule has 0 aromatic heterocycles. The number of nitrogens with zero attached hydrogens (tertiary/aromatic N) is 1. The minimum Gasteiger partial charge on any atom is -0.469 e. The quantitative estimate of drug-likeness (QED) is 0.467. The van der Waals surface area contributed by atoms with Gasteiger partial charge in [0.05, 0.1) is 25.5 Å². The molecule has 9 heteroatoms. The van der Waals surface area contributed by atoms with Crippen molar-refractivity contribution in [3.8, 4) is 0 Å². The van der Waals surface area contributed by atoms with E-state index < -0.39 is 0 Å². The molecule has 3 atom stereocenters. The van der Waals surface area contributed by atoms with Crippen LogP contribution in [-0.4, -0.2) is 40.9 Å². The lowest BCUT2D eigenvalue weighted by atomic mass is 9.76. The number of hydrogen-bond donors (Lipinski definition) is 2. The lowest BCUT2D eigenvalue weighted by Gasteiger charge is -2.43. The summed E-state index contributed by atoms with van der Waals surface area (Å²) in [5.41, 5.74) is 2.22. The molecule has 1 aliphatic heterocycles. The smallest absolute Gasteiger partial charge is 0.308 e. The first kappa shape index (κ1) is 24.2. The van der Waals surface area contributed by atoms with Gasteiger partial charge in [0, 0.05) is 23.2 Å². The number of thiocarbonyl (C=S) groups is 1. The van der Waals surface area contributed by atoms with Gasteiger partial charge in [-0.05, 0) is 60.8 Å². The van der Waals surface area contributed by atoms with Crippen LogP contribution in [0.25, 0.3) is 0 Å². The van der Waals surface area contributed by atoms with Gasteiger partial charge in [0.25, 0.3) is 5.91 Å². The first-order chi connectivity index (χ1) is 16.4. The Morgan fingerprint density at radius 2 is 1.91 bits per heavy atom. The summed E-state index contributed by atoms with van der Waals surface area (Å²) in [6.07, 6.45) is 1.77. The zero-order valence-corrected chi connectivity index (χ0v) is 20.3. The van der Waals surface area contributed by atoms with Crippen LogP contribution in [0, 0.1) is 11.8 Å². The summed E-state index contributed by atoms with van der Waals surface area (Å²) < 4.78 is 4.86. The van der Waals surface area contributed by atoms with Crippen LogP contribution in [0.2, 0.25) is 5.02 Å². The van der Waals surface area contributed by atoms with Crippen molar-refractivity contribution in [2.45, 2.75) is 38.4 Å². The molecule has 2 aliphatic rings. The summed E-state index contributed by atoms with van der Waals surface area (Å²) in [5, 5.41) is 7.08. The average molecular weight is 500 g/mol. The number of nitrogens with one attached hydrogen (secondary N) is 2. The third kappa shape index (κ3) is 5.23. The number of carbonyl (C=O) groups is 3. The second kappa shape index (κ2) is 10.5. The number of methoxy groups -OCH3 is 1. The Balaban J connectivity index is 1.35. The van der Waals surface area contributed by atoms with Crippen LogP contribution < -0.4 is 10.6 Å². The van der Waals surface area contributed by atoms with Gasteiger partial charge < -0.3 is 15.4 Å². The SMILES string of the molecule is COC(=O)C1CCC2C(=O)N(Cc3ccc(C(=O)NCc4ccccc4Cl)cc3)C(=S)NC2C1. The van der Waals surface area contributed by atoms with E-state index in [9.17, 15) is 14.4 Å². The normalized spacial score (nSPS) is 21.9. The van der Waals surface area contributed by atoms with E-state index in [0.29, 0.717) is 48.1 Å². The molecule has 2 amide bonds. The summed E-state index contributed by atoms with van der Waals surface area (Å²) in [7, 11) is 1.38. The third-order valence-electron chi connectivity index (χ3n) is 6.48. The van der Waals surface area contributed by atoms with Gasteiger partial charge in [0.2, 0.25) is 5.91 Å². The van der Waals surface area contributed by atoms with Crippen molar-refractivity contribution in [3.63, 3.8) is 0 Å². The Morgan fingerprint density at radius 3 is 2.62 bits per heavy atom. The predicted molar refractivity (Wildman–Crippen MR) is 132 cm³/mol. The van der Waals surface area contributed by atoms with E-state index in [1.807, 2.05) is 30.3 Å². The number of benzene rings is 2. The average Bonchev–Trinajstić information content (AvgIpc) is 2.85. The summed E-state index contributed by atoms with van der Waals surface area (Å²) >= 11 is 11.6. The van der Waals surface area contributed by atoms with E-state index in [-0.39, 0.29) is 35.7 Å². The van der Waals surface area contributed by atoms with Crippen LogP contribution >= 0.6 is 23.8 Å². The van der Waals surface area contributed by atoms with E-state index in [4.69, 9.17) is 28.6 Å². The molecule has 4 rings (SSSR count). The van der Waals surface area contributed by atoms with Crippen LogP contribution in [0.1, 0.15) is 40.7 Å². The van der Waals surface area contributed by atoms with Gasteiger partial charge in [-0.25, -0.2) is 0 Å². The molecule has 178 valence electrons. The highest BCUT2D eigenvalue weighted by molar-refractivity contribution is 7.80. The van der Waals surface area contributed by atoms with Crippen molar-refractivity contribution in [1.82, 2.24) is 15.5 Å². The molecule has 2 fully saturated rings. The molecule has 0 radical (unpaired) electrons. The van der Waals surface area contributed by atoms with Gasteiger partial charge in [-0.15, -0.1) is 0 Å². The van der Waals surface area contributed by atoms with Crippen LogP contribution in [0.3, 0.4) is 0 Å². The number of fused-ring (bicyclic) bond motifs is 1. The zero-order valence-electron chi connectivity index (χ0n) is 18.8. The lowest BCUT2D eigenvalue weighted by Crippen LogP contribution is -2.61. The molecule has 0 bridgehead atoms. The first-order valence-electron chi connectivity index (χ1n) is 11.2. The molecule has 0 spiro atoms. The van der Waals surface area contributed by atoms with Crippen LogP contribution in [-0.2, 0) is 27.4 Å². The molecule has 34 heavy (non-hydrogen) atoms. The van der Waals surface area contributed by atoms with Gasteiger partial charge in [0.1, 0.15) is 0 Å². The van der Waals surface area contributed by atoms with Crippen molar-refractivity contribution >= 4 is 46.7 Å². The molecular formula is C25H26ClN3O4S. The highest BCUT2D eigenvalue weighted by atomic mass is 35.5. The highest BCUT2D eigenvalue weighted by Gasteiger charge is 2.44. The van der Waals surface area contributed by atoms with E-state index in [1.165, 1.54) is 7.11 Å². The maximum atomic E-state index is 13.2. The van der Waals surface area contributed by atoms with Gasteiger partial charge in [-0.1, -0.05) is 41.9 Å². The van der Waals surface area contributed by atoms with Crippen molar-refractivity contribution < 1.29 is 19.1 Å². The number of rotatable bonds is 6. The largest absolute Gasteiger partial charge is 0.469 e. The maximum absolute atomic E-state index is 13.2. The fourth-order valence-corrected chi connectivity index (χ4v) is 5.06. The van der Waals surface area contributed by atoms with Crippen LogP contribution in [0.4, 0.5) is 0 Å². The Bertz CT molecular complexity index is 1110. The Morgan fingerprint density at radius 1 is 1.18 bits per heavy atom. The monoisotopic (exact) mass is 499 g/mol. The molecule has 2 aromatic rings. The van der Waals surface area contributed by atoms with E-state index in [0.717, 1.165) is 11.1 Å². The first-order valence-corrected chi connectivity index (χ1v) is 12.0. The summed E-state index contributed by atoms with van der Waals surface area (Å²) in [4.78, 5) is 39.1. The number of carbonyl (C=O) groups excluding carboxylic acids is 3. The van der Waals surface area contributed by atoms with Gasteiger partial charge in [0.15, 0.2) is 5.11 Å². The van der Waals surface area contributed by atoms with Crippen molar-refractivity contribution in [2.75, 3.05) is 7.11 Å². The number of ether oxygens (including phenoxy) is 1. The zero-order chi connectivity index (χ0) is 24.2. The molecule has 1 saturated heterocycles. The lowest BCUT2D eigenvalue weighted by molar-refractivity contribution is -0.149. The van der Waals surface area contributed by atoms with E-state index in [1.54, 1.807) is 23.1 Å². The van der Waals surface area contributed by atoms with Crippen LogP contribution in [0.15, 0.2) is 48.5 Å². The molecule has 1 heterocycles. The second-order valence-corrected chi connectivity index (χ2v) is 9.38. The summed E-state index contributed by atoms with van der Waals surface area (Å²) in [6.45, 7) is 0.651. The Labute approximate surface area is 208 Å². The van der Waals surface area contributed by atoms with Crippen LogP contribution in [0.5, 0.6) is 0 Å². The highest BCUT2D eigenvalue weighted by Crippen LogP contribution is 2.34. The van der Waals surface area contributed by atoms with Crippen molar-refractivity contribution in [2.24, 2.45) is 11.8 Å². The topological polar surface area (TPSA) is 87.7 Å². The van der Waals surface area contributed by atoms with E-state index in [2.05, 4.69) is 10.6 Å². The standard InChI is InChI=1S/C25H26ClN3O4S/c1-33-24(32)17-10-11-19-21(12-17)28-25(34)29(23(19)31)14-15-6-8-16(9-7-15)22(30)27-13-18-4-2-3-5-20(18)26/h2-9,17,19,21H,10-14H2,1H3,(H,27,30)(H,28,34). The molecule has 3 unspecified atom stereocenters. The molecule has 2 N–H and O–H groups in total. The molecule has 1 saturated carbocycles. The number of amides is 2. The van der Waals surface area contributed by atoms with Gasteiger partial charge in [-0.2, -0.15) is 0 Å². The molecule has 1 aliphatic carbocycles. The van der Waals surface area contributed by atoms with Gasteiger partial charge in [-0.3, -0.25) is 19.3 Å². The molecular weight excluding hydrogens is 474 g/mol. The van der Waals surface area contributed by atoms with Gasteiger partial charge >= 0.3 is 5.97 Å². The molecule has 7 nitrogen and oxygen atoms in total. The van der Waals surface area contributed by atoms with Crippen molar-refractivity contribution in [1.29, 1.82) is 0 Å². The fourth-order valence-electron chi connectivity index (χ4n) is 4.56. The molecule has 2 aromatic carbocycles. The Kier molecular flexibility index (Phi) is 7.48. The minimum absolute atomic E-state index is 0.0291.